The molecule has 26 heavy (non-hydrogen) atoms. The molecule has 1 aliphatic rings. The zero-order chi connectivity index (χ0) is 18.7. The molecule has 0 saturated heterocycles. The van der Waals surface area contributed by atoms with Crippen LogP contribution in [0, 0.1) is 11.3 Å². The van der Waals surface area contributed by atoms with Crippen LogP contribution in [0.15, 0.2) is 70.6 Å². The maximum atomic E-state index is 13.1. The van der Waals surface area contributed by atoms with Crippen LogP contribution >= 0.6 is 11.3 Å². The summed E-state index contributed by atoms with van der Waals surface area (Å²) in [4.78, 5) is 25.8. The topological polar surface area (TPSA) is 102 Å². The number of nitrogens with two attached hydrogens (primary N) is 1. The fourth-order valence-electron chi connectivity index (χ4n) is 2.76. The number of allylic oxidation sites excluding steroid dienone is 2. The van der Waals surface area contributed by atoms with Crippen molar-refractivity contribution in [2.45, 2.75) is 5.92 Å². The first kappa shape index (κ1) is 17.5. The Hall–Kier alpha value is -3.37. The first-order valence-corrected chi connectivity index (χ1v) is 8.49. The van der Waals surface area contributed by atoms with Crippen molar-refractivity contribution in [3.05, 3.63) is 81.1 Å². The molecule has 0 fully saturated rings. The Bertz CT molecular complexity index is 953. The van der Waals surface area contributed by atoms with E-state index in [1.165, 1.54) is 18.4 Å². The van der Waals surface area contributed by atoms with Crippen LogP contribution in [0.25, 0.3) is 0 Å². The lowest BCUT2D eigenvalue weighted by Gasteiger charge is -2.27. The third-order valence-corrected chi connectivity index (χ3v) is 4.78. The first-order valence-electron chi connectivity index (χ1n) is 7.61. The van der Waals surface area contributed by atoms with Gasteiger partial charge < -0.3 is 15.2 Å². The number of Topliss-reactive ketones (excluding diaryl/α,β-unsaturated/α-hetero) is 1. The highest BCUT2D eigenvalue weighted by Crippen LogP contribution is 2.41. The molecule has 1 unspecified atom stereocenters. The van der Waals surface area contributed by atoms with Gasteiger partial charge >= 0.3 is 5.97 Å². The highest BCUT2D eigenvalue weighted by molar-refractivity contribution is 7.12. The van der Waals surface area contributed by atoms with Gasteiger partial charge in [0, 0.05) is 0 Å². The third-order valence-electron chi connectivity index (χ3n) is 3.91. The van der Waals surface area contributed by atoms with Gasteiger partial charge in [0.1, 0.15) is 11.6 Å². The highest BCUT2D eigenvalue weighted by Gasteiger charge is 2.40. The van der Waals surface area contributed by atoms with E-state index in [9.17, 15) is 14.9 Å². The summed E-state index contributed by atoms with van der Waals surface area (Å²) in [5, 5.41) is 11.3. The smallest absolute Gasteiger partial charge is 0.374 e. The molecule has 0 spiro atoms. The van der Waals surface area contributed by atoms with E-state index in [4.69, 9.17) is 15.2 Å². The number of ketones is 1. The van der Waals surface area contributed by atoms with Crippen molar-refractivity contribution in [1.29, 1.82) is 5.26 Å². The van der Waals surface area contributed by atoms with E-state index < -0.39 is 17.7 Å². The average Bonchev–Trinajstić information content (AvgIpc) is 3.21. The van der Waals surface area contributed by atoms with E-state index in [2.05, 4.69) is 0 Å². The number of carbonyl (C=O) groups excluding carboxylic acids is 2. The third kappa shape index (κ3) is 2.98. The largest absolute Gasteiger partial charge is 0.463 e. The van der Waals surface area contributed by atoms with Crippen LogP contribution in [0.4, 0.5) is 0 Å². The van der Waals surface area contributed by atoms with Crippen LogP contribution in [-0.4, -0.2) is 18.9 Å². The SMILES string of the molecule is COC(=O)C1=C(C(=O)c2cccs2)C(c2ccccc2)C(C#N)=C(N)O1. The number of rotatable bonds is 4. The molecule has 2 N–H and O–H groups in total. The Balaban J connectivity index is 2.27. The van der Waals surface area contributed by atoms with Crippen LogP contribution in [0.2, 0.25) is 0 Å². The Morgan fingerprint density at radius 2 is 1.96 bits per heavy atom. The standard InChI is InChI=1S/C19H14N2O4S/c1-24-19(23)17-15(16(22)13-8-5-9-26-13)14(11-6-3-2-4-7-11)12(10-20)18(21)25-17/h2-9,14H,21H2,1H3. The van der Waals surface area contributed by atoms with Crippen LogP contribution in [0.3, 0.4) is 0 Å². The Labute approximate surface area is 153 Å². The summed E-state index contributed by atoms with van der Waals surface area (Å²) in [5.74, 6) is -2.57. The molecule has 0 bridgehead atoms. The molecule has 0 amide bonds. The van der Waals surface area contributed by atoms with Gasteiger partial charge in [0.25, 0.3) is 0 Å². The lowest BCUT2D eigenvalue weighted by Crippen LogP contribution is -2.28. The number of hydrogen-bond acceptors (Lipinski definition) is 7. The number of ether oxygens (including phenoxy) is 2. The number of nitriles is 1. The van der Waals surface area contributed by atoms with E-state index in [0.29, 0.717) is 10.4 Å². The van der Waals surface area contributed by atoms with Gasteiger partial charge in [0.2, 0.25) is 17.4 Å². The molecular formula is C19H14N2O4S. The normalized spacial score (nSPS) is 16.7. The predicted molar refractivity (Wildman–Crippen MR) is 94.8 cm³/mol. The van der Waals surface area contributed by atoms with Gasteiger partial charge in [0.15, 0.2) is 0 Å². The summed E-state index contributed by atoms with van der Waals surface area (Å²) in [6.45, 7) is 0. The van der Waals surface area contributed by atoms with Gasteiger partial charge in [-0.05, 0) is 17.0 Å². The summed E-state index contributed by atoms with van der Waals surface area (Å²) in [6.07, 6.45) is 0. The number of carbonyl (C=O) groups is 2. The van der Waals surface area contributed by atoms with E-state index in [-0.39, 0.29) is 22.8 Å². The zero-order valence-corrected chi connectivity index (χ0v) is 14.6. The number of esters is 1. The van der Waals surface area contributed by atoms with Crippen molar-refractivity contribution in [1.82, 2.24) is 0 Å². The van der Waals surface area contributed by atoms with Crippen molar-refractivity contribution >= 4 is 23.1 Å². The molecule has 2 heterocycles. The molecule has 130 valence electrons. The molecule has 1 aromatic heterocycles. The number of benzene rings is 1. The quantitative estimate of drug-likeness (QED) is 0.659. The average molecular weight is 366 g/mol. The second-order valence-corrected chi connectivity index (χ2v) is 6.32. The van der Waals surface area contributed by atoms with Gasteiger partial charge in [-0.1, -0.05) is 36.4 Å². The molecule has 1 atom stereocenters. The second kappa shape index (κ2) is 7.25. The minimum Gasteiger partial charge on any atom is -0.463 e. The van der Waals surface area contributed by atoms with Crippen LogP contribution < -0.4 is 5.73 Å². The van der Waals surface area contributed by atoms with E-state index >= 15 is 0 Å². The summed E-state index contributed by atoms with van der Waals surface area (Å²) in [6, 6.07) is 14.3. The van der Waals surface area contributed by atoms with Gasteiger partial charge in [-0.3, -0.25) is 4.79 Å². The maximum absolute atomic E-state index is 13.1. The van der Waals surface area contributed by atoms with Gasteiger partial charge in [-0.25, -0.2) is 4.79 Å². The summed E-state index contributed by atoms with van der Waals surface area (Å²) in [7, 11) is 1.18. The fourth-order valence-corrected chi connectivity index (χ4v) is 3.43. The Kier molecular flexibility index (Phi) is 4.87. The van der Waals surface area contributed by atoms with Crippen molar-refractivity contribution in [2.24, 2.45) is 5.73 Å². The Morgan fingerprint density at radius 1 is 1.23 bits per heavy atom. The molecule has 7 heteroatoms. The number of hydrogen-bond donors (Lipinski definition) is 1. The molecule has 2 aromatic rings. The molecule has 0 radical (unpaired) electrons. The summed E-state index contributed by atoms with van der Waals surface area (Å²) < 4.78 is 10.1. The zero-order valence-electron chi connectivity index (χ0n) is 13.8. The number of nitrogens with zero attached hydrogens (tertiary/aromatic N) is 1. The van der Waals surface area contributed by atoms with Crippen LogP contribution in [0.5, 0.6) is 0 Å². The minimum atomic E-state index is -0.828. The van der Waals surface area contributed by atoms with E-state index in [1.54, 1.807) is 41.8 Å². The summed E-state index contributed by atoms with van der Waals surface area (Å²) >= 11 is 1.23. The Morgan fingerprint density at radius 3 is 2.54 bits per heavy atom. The molecule has 6 nitrogen and oxygen atoms in total. The molecule has 3 rings (SSSR count). The molecule has 1 aliphatic heterocycles. The van der Waals surface area contributed by atoms with E-state index in [0.717, 1.165) is 0 Å². The molecular weight excluding hydrogens is 352 g/mol. The number of thiophene rings is 1. The van der Waals surface area contributed by atoms with Gasteiger partial charge in [-0.15, -0.1) is 11.3 Å². The van der Waals surface area contributed by atoms with Crippen molar-refractivity contribution in [2.75, 3.05) is 7.11 Å². The molecule has 1 aromatic carbocycles. The van der Waals surface area contributed by atoms with Gasteiger partial charge in [-0.2, -0.15) is 5.26 Å². The van der Waals surface area contributed by atoms with Crippen molar-refractivity contribution in [3.63, 3.8) is 0 Å². The predicted octanol–water partition coefficient (Wildman–Crippen LogP) is 2.87. The van der Waals surface area contributed by atoms with Crippen LogP contribution in [0.1, 0.15) is 21.2 Å². The minimum absolute atomic E-state index is 0.0382. The van der Waals surface area contributed by atoms with Gasteiger partial charge in [0.05, 0.1) is 23.5 Å². The van der Waals surface area contributed by atoms with Crippen molar-refractivity contribution < 1.29 is 19.1 Å². The fraction of sp³-hybridized carbons (Fsp3) is 0.105. The van der Waals surface area contributed by atoms with E-state index in [1.807, 2.05) is 12.1 Å². The van der Waals surface area contributed by atoms with Crippen LogP contribution in [-0.2, 0) is 14.3 Å². The maximum Gasteiger partial charge on any atom is 0.374 e. The number of methoxy groups -OCH3 is 1. The monoisotopic (exact) mass is 366 g/mol. The molecule has 0 aliphatic carbocycles. The first-order chi connectivity index (χ1) is 12.6. The lowest BCUT2D eigenvalue weighted by atomic mass is 9.81. The van der Waals surface area contributed by atoms with Crippen molar-refractivity contribution in [3.8, 4) is 6.07 Å². The second-order valence-electron chi connectivity index (χ2n) is 5.38. The highest BCUT2D eigenvalue weighted by atomic mass is 32.1. The lowest BCUT2D eigenvalue weighted by molar-refractivity contribution is -0.139. The molecule has 0 saturated carbocycles. The summed E-state index contributed by atoms with van der Waals surface area (Å²) in [5.41, 5.74) is 6.63.